The van der Waals surface area contributed by atoms with Gasteiger partial charge in [-0.05, 0) is 39.2 Å². The van der Waals surface area contributed by atoms with Gasteiger partial charge in [-0.3, -0.25) is 4.79 Å². The normalized spacial score (nSPS) is 14.7. The van der Waals surface area contributed by atoms with Gasteiger partial charge in [-0.2, -0.15) is 0 Å². The van der Waals surface area contributed by atoms with E-state index in [1.165, 1.54) is 5.56 Å². The number of ether oxygens (including phenoxy) is 1. The van der Waals surface area contributed by atoms with Crippen molar-refractivity contribution in [3.63, 3.8) is 0 Å². The Kier molecular flexibility index (Phi) is 6.21. The molecule has 3 heteroatoms. The van der Waals surface area contributed by atoms with Crippen LogP contribution in [0.3, 0.4) is 0 Å². The summed E-state index contributed by atoms with van der Waals surface area (Å²) in [6.07, 6.45) is 0.445. The number of nitrogens with one attached hydrogen (secondary N) is 1. The van der Waals surface area contributed by atoms with Gasteiger partial charge in [-0.25, -0.2) is 0 Å². The van der Waals surface area contributed by atoms with E-state index in [1.807, 2.05) is 39.0 Å². The zero-order valence-corrected chi connectivity index (χ0v) is 13.3. The maximum absolute atomic E-state index is 11.8. The maximum atomic E-state index is 11.8. The smallest absolute Gasteiger partial charge is 0.306 e. The Morgan fingerprint density at radius 3 is 2.35 bits per heavy atom. The molecule has 3 nitrogen and oxygen atoms in total. The molecule has 0 aliphatic rings. The number of carbonyl (C=O) groups excluding carboxylic acids is 1. The molecule has 1 rings (SSSR count). The standard InChI is InChI=1S/C17H27NO2/c1-13(11-16(19)20-17(3,4)5)14(2)18-12-15-9-7-6-8-10-15/h6-10,13-14,18H,11-12H2,1-5H3/t13-,14?/m0/s1. The van der Waals surface area contributed by atoms with Crippen molar-refractivity contribution in [3.05, 3.63) is 35.9 Å². The number of hydrogen-bond acceptors (Lipinski definition) is 3. The lowest BCUT2D eigenvalue weighted by atomic mass is 9.99. The first-order valence-corrected chi connectivity index (χ1v) is 7.27. The summed E-state index contributed by atoms with van der Waals surface area (Å²) in [5.41, 5.74) is 0.848. The minimum absolute atomic E-state index is 0.127. The molecule has 0 amide bonds. The third kappa shape index (κ3) is 6.71. The van der Waals surface area contributed by atoms with Crippen molar-refractivity contribution in [2.45, 2.75) is 59.2 Å². The van der Waals surface area contributed by atoms with E-state index in [9.17, 15) is 4.79 Å². The zero-order chi connectivity index (χ0) is 15.2. The molecule has 20 heavy (non-hydrogen) atoms. The van der Waals surface area contributed by atoms with Gasteiger partial charge in [0.15, 0.2) is 0 Å². The van der Waals surface area contributed by atoms with Crippen LogP contribution in [0.1, 0.15) is 46.6 Å². The number of rotatable bonds is 6. The van der Waals surface area contributed by atoms with E-state index in [4.69, 9.17) is 4.74 Å². The molecule has 0 bridgehead atoms. The maximum Gasteiger partial charge on any atom is 0.306 e. The van der Waals surface area contributed by atoms with Crippen LogP contribution in [0.4, 0.5) is 0 Å². The van der Waals surface area contributed by atoms with E-state index in [2.05, 4.69) is 31.3 Å². The minimum atomic E-state index is -0.405. The van der Waals surface area contributed by atoms with Crippen LogP contribution in [0.25, 0.3) is 0 Å². The van der Waals surface area contributed by atoms with Crippen molar-refractivity contribution >= 4 is 5.97 Å². The fraction of sp³-hybridized carbons (Fsp3) is 0.588. The molecular formula is C17H27NO2. The van der Waals surface area contributed by atoms with Crippen molar-refractivity contribution in [2.75, 3.05) is 0 Å². The third-order valence-electron chi connectivity index (χ3n) is 3.23. The van der Waals surface area contributed by atoms with Gasteiger partial charge in [0.2, 0.25) is 0 Å². The minimum Gasteiger partial charge on any atom is -0.460 e. The van der Waals surface area contributed by atoms with Crippen molar-refractivity contribution in [2.24, 2.45) is 5.92 Å². The molecule has 0 radical (unpaired) electrons. The second-order valence-corrected chi connectivity index (χ2v) is 6.42. The first-order chi connectivity index (χ1) is 9.28. The van der Waals surface area contributed by atoms with E-state index in [0.29, 0.717) is 6.42 Å². The second-order valence-electron chi connectivity index (χ2n) is 6.42. The summed E-state index contributed by atoms with van der Waals surface area (Å²) in [6, 6.07) is 10.5. The Balaban J connectivity index is 2.35. The van der Waals surface area contributed by atoms with E-state index in [1.54, 1.807) is 0 Å². The first-order valence-electron chi connectivity index (χ1n) is 7.27. The fourth-order valence-electron chi connectivity index (χ4n) is 1.90. The predicted octanol–water partition coefficient (Wildman–Crippen LogP) is 3.53. The molecule has 1 aromatic carbocycles. The number of esters is 1. The third-order valence-corrected chi connectivity index (χ3v) is 3.23. The van der Waals surface area contributed by atoms with Crippen molar-refractivity contribution in [3.8, 4) is 0 Å². The van der Waals surface area contributed by atoms with Gasteiger partial charge in [0.1, 0.15) is 5.60 Å². The van der Waals surface area contributed by atoms with Crippen molar-refractivity contribution in [1.82, 2.24) is 5.32 Å². The molecule has 0 heterocycles. The lowest BCUT2D eigenvalue weighted by molar-refractivity contribution is -0.156. The summed E-state index contributed by atoms with van der Waals surface area (Å²) in [4.78, 5) is 11.8. The Hall–Kier alpha value is -1.35. The first kappa shape index (κ1) is 16.7. The van der Waals surface area contributed by atoms with Gasteiger partial charge < -0.3 is 10.1 Å². The SMILES string of the molecule is CC(NCc1ccccc1)[C@@H](C)CC(=O)OC(C)(C)C. The topological polar surface area (TPSA) is 38.3 Å². The van der Waals surface area contributed by atoms with Crippen LogP contribution in [0.5, 0.6) is 0 Å². The van der Waals surface area contributed by atoms with Crippen LogP contribution < -0.4 is 5.32 Å². The van der Waals surface area contributed by atoms with Gasteiger partial charge in [-0.15, -0.1) is 0 Å². The average molecular weight is 277 g/mol. The van der Waals surface area contributed by atoms with Gasteiger partial charge in [0.25, 0.3) is 0 Å². The van der Waals surface area contributed by atoms with Gasteiger partial charge in [0.05, 0.1) is 0 Å². The van der Waals surface area contributed by atoms with E-state index >= 15 is 0 Å². The zero-order valence-electron chi connectivity index (χ0n) is 13.3. The van der Waals surface area contributed by atoms with Crippen molar-refractivity contribution in [1.29, 1.82) is 0 Å². The summed E-state index contributed by atoms with van der Waals surface area (Å²) < 4.78 is 5.35. The van der Waals surface area contributed by atoms with E-state index in [0.717, 1.165) is 6.54 Å². The molecule has 0 aliphatic heterocycles. The Bertz CT molecular complexity index is 409. The van der Waals surface area contributed by atoms with Crippen LogP contribution in [0.15, 0.2) is 30.3 Å². The summed E-state index contributed by atoms with van der Waals surface area (Å²) in [5, 5.41) is 3.46. The molecule has 1 aromatic rings. The van der Waals surface area contributed by atoms with Crippen LogP contribution in [-0.2, 0) is 16.1 Å². The van der Waals surface area contributed by atoms with Crippen molar-refractivity contribution < 1.29 is 9.53 Å². The number of benzene rings is 1. The molecule has 1 unspecified atom stereocenters. The van der Waals surface area contributed by atoms with E-state index < -0.39 is 5.60 Å². The summed E-state index contributed by atoms with van der Waals surface area (Å²) in [5.74, 6) is 0.118. The predicted molar refractivity (Wildman–Crippen MR) is 82.4 cm³/mol. The lowest BCUT2D eigenvalue weighted by Gasteiger charge is -2.24. The molecular weight excluding hydrogens is 250 g/mol. The molecule has 0 spiro atoms. The molecule has 0 fully saturated rings. The quantitative estimate of drug-likeness (QED) is 0.808. The molecule has 112 valence electrons. The lowest BCUT2D eigenvalue weighted by Crippen LogP contribution is -2.34. The molecule has 0 aromatic heterocycles. The highest BCUT2D eigenvalue weighted by Crippen LogP contribution is 2.14. The Morgan fingerprint density at radius 1 is 1.20 bits per heavy atom. The summed E-state index contributed by atoms with van der Waals surface area (Å²) >= 11 is 0. The van der Waals surface area contributed by atoms with E-state index in [-0.39, 0.29) is 17.9 Å². The fourth-order valence-corrected chi connectivity index (χ4v) is 1.90. The average Bonchev–Trinajstić information content (AvgIpc) is 2.34. The highest BCUT2D eigenvalue weighted by Gasteiger charge is 2.21. The Morgan fingerprint density at radius 2 is 1.80 bits per heavy atom. The van der Waals surface area contributed by atoms with Gasteiger partial charge in [0, 0.05) is 19.0 Å². The largest absolute Gasteiger partial charge is 0.460 e. The molecule has 2 atom stereocenters. The molecule has 0 saturated carbocycles. The van der Waals surface area contributed by atoms with Gasteiger partial charge in [-0.1, -0.05) is 37.3 Å². The molecule has 1 N–H and O–H groups in total. The van der Waals surface area contributed by atoms with Crippen LogP contribution in [-0.4, -0.2) is 17.6 Å². The Labute approximate surface area is 122 Å². The number of hydrogen-bond donors (Lipinski definition) is 1. The van der Waals surface area contributed by atoms with Crippen LogP contribution in [0, 0.1) is 5.92 Å². The summed E-state index contributed by atoms with van der Waals surface area (Å²) in [6.45, 7) is 10.7. The number of carbonyl (C=O) groups is 1. The van der Waals surface area contributed by atoms with Crippen LogP contribution in [0.2, 0.25) is 0 Å². The van der Waals surface area contributed by atoms with Gasteiger partial charge >= 0.3 is 5.97 Å². The highest BCUT2D eigenvalue weighted by molar-refractivity contribution is 5.70. The second kappa shape index (κ2) is 7.44. The molecule has 0 aliphatic carbocycles. The summed E-state index contributed by atoms with van der Waals surface area (Å²) in [7, 11) is 0. The molecule has 0 saturated heterocycles. The highest BCUT2D eigenvalue weighted by atomic mass is 16.6. The van der Waals surface area contributed by atoms with Crippen LogP contribution >= 0.6 is 0 Å². The monoisotopic (exact) mass is 277 g/mol.